The molecule has 5 heteroatoms. The molecule has 0 radical (unpaired) electrons. The number of carbonyl (C=O) groups is 1. The molecule has 1 aliphatic carbocycles. The molecule has 1 aromatic rings. The van der Waals surface area contributed by atoms with Crippen molar-refractivity contribution in [2.24, 2.45) is 0 Å². The lowest BCUT2D eigenvalue weighted by Crippen LogP contribution is -2.36. The molecule has 0 heterocycles. The predicted molar refractivity (Wildman–Crippen MR) is 86.0 cm³/mol. The van der Waals surface area contributed by atoms with Crippen LogP contribution >= 0.6 is 15.9 Å². The average Bonchev–Trinajstić information content (AvgIpc) is 3.19. The Morgan fingerprint density at radius 2 is 2.20 bits per heavy atom. The van der Waals surface area contributed by atoms with E-state index in [1.165, 1.54) is 5.56 Å². The summed E-state index contributed by atoms with van der Waals surface area (Å²) in [6, 6.07) is 6.59. The summed E-state index contributed by atoms with van der Waals surface area (Å²) in [7, 11) is 1.96. The highest BCUT2D eigenvalue weighted by Gasteiger charge is 2.23. The number of hydrogen-bond donors (Lipinski definition) is 2. The standard InChI is InChI=1S/C15H22BrN3O/c1-3-17-9-11-8-12(16)4-7-14(11)19(2)10-15(20)18-13-5-6-13/h4,7-8,13,17H,3,5-6,9-10H2,1-2H3,(H,18,20). The summed E-state index contributed by atoms with van der Waals surface area (Å²) in [6.45, 7) is 4.22. The molecular formula is C15H22BrN3O. The maximum atomic E-state index is 11.9. The number of anilines is 1. The van der Waals surface area contributed by atoms with E-state index in [0.29, 0.717) is 12.6 Å². The van der Waals surface area contributed by atoms with E-state index in [9.17, 15) is 4.79 Å². The third-order valence-electron chi connectivity index (χ3n) is 3.34. The lowest BCUT2D eigenvalue weighted by molar-refractivity contribution is -0.119. The van der Waals surface area contributed by atoms with Gasteiger partial charge in [0.25, 0.3) is 0 Å². The van der Waals surface area contributed by atoms with Gasteiger partial charge in [0, 0.05) is 29.8 Å². The minimum absolute atomic E-state index is 0.104. The number of hydrogen-bond acceptors (Lipinski definition) is 3. The summed E-state index contributed by atoms with van der Waals surface area (Å²) < 4.78 is 1.06. The van der Waals surface area contributed by atoms with Crippen LogP contribution in [0.5, 0.6) is 0 Å². The highest BCUT2D eigenvalue weighted by atomic mass is 79.9. The van der Waals surface area contributed by atoms with Crippen molar-refractivity contribution >= 4 is 27.5 Å². The van der Waals surface area contributed by atoms with E-state index < -0.39 is 0 Å². The molecule has 0 bridgehead atoms. The Hall–Kier alpha value is -1.07. The van der Waals surface area contributed by atoms with Gasteiger partial charge in [0.1, 0.15) is 0 Å². The van der Waals surface area contributed by atoms with Gasteiger partial charge < -0.3 is 15.5 Å². The number of rotatable bonds is 7. The summed E-state index contributed by atoms with van der Waals surface area (Å²) >= 11 is 3.50. The Kier molecular flexibility index (Phi) is 5.43. The minimum Gasteiger partial charge on any atom is -0.365 e. The first kappa shape index (κ1) is 15.3. The van der Waals surface area contributed by atoms with Gasteiger partial charge in [0.15, 0.2) is 0 Å². The smallest absolute Gasteiger partial charge is 0.239 e. The lowest BCUT2D eigenvalue weighted by Gasteiger charge is -2.22. The molecule has 110 valence electrons. The maximum absolute atomic E-state index is 11.9. The van der Waals surface area contributed by atoms with Crippen LogP contribution in [0.15, 0.2) is 22.7 Å². The summed E-state index contributed by atoms with van der Waals surface area (Å²) in [6.07, 6.45) is 2.25. The van der Waals surface area contributed by atoms with Gasteiger partial charge in [0.05, 0.1) is 6.54 Å². The molecule has 1 fully saturated rings. The van der Waals surface area contributed by atoms with Crippen LogP contribution in [0.25, 0.3) is 0 Å². The molecule has 0 unspecified atom stereocenters. The van der Waals surface area contributed by atoms with Crippen LogP contribution in [0.3, 0.4) is 0 Å². The van der Waals surface area contributed by atoms with Gasteiger partial charge in [-0.25, -0.2) is 0 Å². The Morgan fingerprint density at radius 3 is 2.85 bits per heavy atom. The Morgan fingerprint density at radius 1 is 1.45 bits per heavy atom. The fraction of sp³-hybridized carbons (Fsp3) is 0.533. The van der Waals surface area contributed by atoms with Crippen molar-refractivity contribution in [3.05, 3.63) is 28.2 Å². The first-order chi connectivity index (χ1) is 9.60. The third-order valence-corrected chi connectivity index (χ3v) is 3.83. The van der Waals surface area contributed by atoms with E-state index >= 15 is 0 Å². The quantitative estimate of drug-likeness (QED) is 0.800. The van der Waals surface area contributed by atoms with Crippen molar-refractivity contribution in [1.29, 1.82) is 0 Å². The summed E-state index contributed by atoms with van der Waals surface area (Å²) in [4.78, 5) is 13.9. The zero-order valence-corrected chi connectivity index (χ0v) is 13.7. The highest BCUT2D eigenvalue weighted by molar-refractivity contribution is 9.10. The van der Waals surface area contributed by atoms with Crippen molar-refractivity contribution in [3.63, 3.8) is 0 Å². The largest absolute Gasteiger partial charge is 0.365 e. The van der Waals surface area contributed by atoms with E-state index in [2.05, 4.69) is 45.6 Å². The topological polar surface area (TPSA) is 44.4 Å². The number of halogens is 1. The number of nitrogens with zero attached hydrogens (tertiary/aromatic N) is 1. The molecule has 1 aliphatic rings. The minimum atomic E-state index is 0.104. The molecule has 0 aromatic heterocycles. The van der Waals surface area contributed by atoms with Crippen LogP contribution in [0.1, 0.15) is 25.3 Å². The van der Waals surface area contributed by atoms with Gasteiger partial charge in [-0.3, -0.25) is 4.79 Å². The van der Waals surface area contributed by atoms with E-state index in [1.807, 2.05) is 18.0 Å². The first-order valence-corrected chi connectivity index (χ1v) is 7.89. The SMILES string of the molecule is CCNCc1cc(Br)ccc1N(C)CC(=O)NC1CC1. The Balaban J connectivity index is 2.02. The normalized spacial score (nSPS) is 14.2. The van der Waals surface area contributed by atoms with E-state index in [1.54, 1.807) is 0 Å². The van der Waals surface area contributed by atoms with Crippen molar-refractivity contribution < 1.29 is 4.79 Å². The second-order valence-electron chi connectivity index (χ2n) is 5.25. The molecule has 1 aromatic carbocycles. The second kappa shape index (κ2) is 7.09. The molecule has 4 nitrogen and oxygen atoms in total. The van der Waals surface area contributed by atoms with Crippen LogP contribution in [0.4, 0.5) is 5.69 Å². The predicted octanol–water partition coefficient (Wildman–Crippen LogP) is 2.27. The second-order valence-corrected chi connectivity index (χ2v) is 6.17. The molecule has 20 heavy (non-hydrogen) atoms. The lowest BCUT2D eigenvalue weighted by atomic mass is 10.1. The maximum Gasteiger partial charge on any atom is 0.239 e. The van der Waals surface area contributed by atoms with Gasteiger partial charge in [-0.2, -0.15) is 0 Å². The van der Waals surface area contributed by atoms with Crippen molar-refractivity contribution in [3.8, 4) is 0 Å². The van der Waals surface area contributed by atoms with Gasteiger partial charge in [-0.1, -0.05) is 22.9 Å². The van der Waals surface area contributed by atoms with Gasteiger partial charge in [0.2, 0.25) is 5.91 Å². The number of amides is 1. The van der Waals surface area contributed by atoms with Gasteiger partial charge >= 0.3 is 0 Å². The monoisotopic (exact) mass is 339 g/mol. The summed E-state index contributed by atoms with van der Waals surface area (Å²) in [5.41, 5.74) is 2.29. The number of benzene rings is 1. The number of carbonyl (C=O) groups excluding carboxylic acids is 1. The van der Waals surface area contributed by atoms with Crippen LogP contribution in [-0.4, -0.2) is 32.1 Å². The average molecular weight is 340 g/mol. The van der Waals surface area contributed by atoms with Crippen LogP contribution in [0.2, 0.25) is 0 Å². The first-order valence-electron chi connectivity index (χ1n) is 7.09. The molecule has 2 N–H and O–H groups in total. The molecule has 0 atom stereocenters. The van der Waals surface area contributed by atoms with Gasteiger partial charge in [-0.15, -0.1) is 0 Å². The zero-order chi connectivity index (χ0) is 14.5. The Labute approximate surface area is 129 Å². The molecule has 0 aliphatic heterocycles. The highest BCUT2D eigenvalue weighted by Crippen LogP contribution is 2.24. The molecule has 1 amide bonds. The molecule has 1 saturated carbocycles. The van der Waals surface area contributed by atoms with Crippen LogP contribution in [0, 0.1) is 0 Å². The van der Waals surface area contributed by atoms with Gasteiger partial charge in [-0.05, 0) is 43.1 Å². The van der Waals surface area contributed by atoms with Crippen molar-refractivity contribution in [2.45, 2.75) is 32.4 Å². The summed E-state index contributed by atoms with van der Waals surface area (Å²) in [5.74, 6) is 0.104. The fourth-order valence-electron chi connectivity index (χ4n) is 2.13. The summed E-state index contributed by atoms with van der Waals surface area (Å²) in [5, 5.41) is 6.36. The zero-order valence-electron chi connectivity index (χ0n) is 12.1. The number of nitrogens with one attached hydrogen (secondary N) is 2. The van der Waals surface area contributed by atoms with Crippen molar-refractivity contribution in [2.75, 3.05) is 25.0 Å². The molecular weight excluding hydrogens is 318 g/mol. The third kappa shape index (κ3) is 4.49. The van der Waals surface area contributed by atoms with E-state index in [-0.39, 0.29) is 5.91 Å². The Bertz CT molecular complexity index is 474. The van der Waals surface area contributed by atoms with E-state index in [4.69, 9.17) is 0 Å². The fourth-order valence-corrected chi connectivity index (χ4v) is 2.54. The molecule has 2 rings (SSSR count). The van der Waals surface area contributed by atoms with Crippen molar-refractivity contribution in [1.82, 2.24) is 10.6 Å². The van der Waals surface area contributed by atoms with E-state index in [0.717, 1.165) is 36.1 Å². The van der Waals surface area contributed by atoms with Crippen LogP contribution in [-0.2, 0) is 11.3 Å². The number of likely N-dealkylation sites (N-methyl/N-ethyl adjacent to an activating group) is 1. The molecule has 0 saturated heterocycles. The molecule has 0 spiro atoms. The van der Waals surface area contributed by atoms with Crippen LogP contribution < -0.4 is 15.5 Å².